The number of sulfonamides is 1. The summed E-state index contributed by atoms with van der Waals surface area (Å²) in [6.07, 6.45) is 0. The Hall–Kier alpha value is -1.42. The van der Waals surface area contributed by atoms with Crippen molar-refractivity contribution in [1.82, 2.24) is 9.62 Å². The second kappa shape index (κ2) is 6.60. The lowest BCUT2D eigenvalue weighted by molar-refractivity contribution is -0.387. The highest BCUT2D eigenvalue weighted by molar-refractivity contribution is 7.89. The highest BCUT2D eigenvalue weighted by Gasteiger charge is 2.43. The first kappa shape index (κ1) is 17.9. The summed E-state index contributed by atoms with van der Waals surface area (Å²) in [4.78, 5) is 10.2. The number of ether oxygens (including phenoxy) is 1. The molecule has 0 saturated carbocycles. The van der Waals surface area contributed by atoms with Crippen molar-refractivity contribution in [3.8, 4) is 5.75 Å². The van der Waals surface area contributed by atoms with Crippen molar-refractivity contribution in [2.75, 3.05) is 33.3 Å². The number of benzene rings is 1. The van der Waals surface area contributed by atoms with Gasteiger partial charge in [-0.1, -0.05) is 0 Å². The number of nitrogens with one attached hydrogen (secondary N) is 1. The number of fused-ring (bicyclic) bond motifs is 1. The number of hydrogen-bond donors (Lipinski definition) is 1. The predicted octanol–water partition coefficient (Wildman–Crippen LogP) is 0.865. The maximum atomic E-state index is 12.8. The number of nitro groups is 1. The van der Waals surface area contributed by atoms with E-state index in [1.54, 1.807) is 0 Å². The third-order valence-corrected chi connectivity index (χ3v) is 6.22. The maximum absolute atomic E-state index is 12.8. The zero-order chi connectivity index (χ0) is 15.9. The van der Waals surface area contributed by atoms with Gasteiger partial charge in [-0.25, -0.2) is 8.42 Å². The molecule has 2 atom stereocenters. The van der Waals surface area contributed by atoms with Gasteiger partial charge in [-0.05, 0) is 37.1 Å². The fraction of sp³-hybridized carbons (Fsp3) is 0.538. The van der Waals surface area contributed by atoms with E-state index in [-0.39, 0.29) is 34.9 Å². The van der Waals surface area contributed by atoms with E-state index < -0.39 is 20.6 Å². The van der Waals surface area contributed by atoms with E-state index in [2.05, 4.69) is 5.32 Å². The monoisotopic (exact) mass is 363 g/mol. The molecular weight excluding hydrogens is 346 g/mol. The molecule has 0 unspecified atom stereocenters. The molecule has 3 rings (SSSR count). The number of rotatable bonds is 4. The first-order valence-corrected chi connectivity index (χ1v) is 8.41. The lowest BCUT2D eigenvalue weighted by Crippen LogP contribution is -2.32. The Morgan fingerprint density at radius 1 is 1.30 bits per heavy atom. The van der Waals surface area contributed by atoms with Gasteiger partial charge in [-0.2, -0.15) is 4.31 Å². The van der Waals surface area contributed by atoms with E-state index in [9.17, 15) is 18.5 Å². The van der Waals surface area contributed by atoms with Crippen molar-refractivity contribution in [2.45, 2.75) is 4.90 Å². The van der Waals surface area contributed by atoms with Crippen LogP contribution in [0, 0.1) is 22.0 Å². The maximum Gasteiger partial charge on any atom is 0.293 e. The van der Waals surface area contributed by atoms with Gasteiger partial charge in [-0.3, -0.25) is 10.1 Å². The summed E-state index contributed by atoms with van der Waals surface area (Å²) in [6, 6.07) is 3.82. The molecule has 2 saturated heterocycles. The second-order valence-corrected chi connectivity index (χ2v) is 7.50. The van der Waals surface area contributed by atoms with Gasteiger partial charge in [0.2, 0.25) is 10.0 Å². The Morgan fingerprint density at radius 2 is 1.91 bits per heavy atom. The predicted molar refractivity (Wildman–Crippen MR) is 85.5 cm³/mol. The SMILES string of the molecule is COc1ccc(S(=O)(=O)N2C[C@H]3CNC[C@H]3C2)c([N+](=O)[O-])c1.Cl. The molecule has 0 radical (unpaired) electrons. The minimum absolute atomic E-state index is 0. The van der Waals surface area contributed by atoms with Crippen LogP contribution in [0.5, 0.6) is 5.75 Å². The highest BCUT2D eigenvalue weighted by atomic mass is 35.5. The van der Waals surface area contributed by atoms with Gasteiger partial charge in [0.05, 0.1) is 18.1 Å². The van der Waals surface area contributed by atoms with Crippen molar-refractivity contribution in [3.05, 3.63) is 28.3 Å². The van der Waals surface area contributed by atoms with Crippen molar-refractivity contribution in [2.24, 2.45) is 11.8 Å². The average Bonchev–Trinajstić information content (AvgIpc) is 3.07. The van der Waals surface area contributed by atoms with E-state index in [0.29, 0.717) is 13.1 Å². The zero-order valence-corrected chi connectivity index (χ0v) is 14.1. The minimum atomic E-state index is -3.87. The van der Waals surface area contributed by atoms with Gasteiger partial charge < -0.3 is 10.1 Å². The Kier molecular flexibility index (Phi) is 5.14. The smallest absolute Gasteiger partial charge is 0.293 e. The molecule has 23 heavy (non-hydrogen) atoms. The first-order valence-electron chi connectivity index (χ1n) is 6.97. The molecule has 0 aliphatic carbocycles. The van der Waals surface area contributed by atoms with Crippen LogP contribution in [-0.2, 0) is 10.0 Å². The zero-order valence-electron chi connectivity index (χ0n) is 12.5. The van der Waals surface area contributed by atoms with Gasteiger partial charge in [0.15, 0.2) is 4.90 Å². The molecule has 0 aromatic heterocycles. The summed E-state index contributed by atoms with van der Waals surface area (Å²) < 4.78 is 31.8. The average molecular weight is 364 g/mol. The molecule has 2 heterocycles. The van der Waals surface area contributed by atoms with Crippen molar-refractivity contribution >= 4 is 28.1 Å². The third-order valence-electron chi connectivity index (χ3n) is 4.34. The first-order chi connectivity index (χ1) is 10.4. The quantitative estimate of drug-likeness (QED) is 0.629. The number of methoxy groups -OCH3 is 1. The molecule has 0 bridgehead atoms. The molecule has 2 aliphatic rings. The van der Waals surface area contributed by atoms with Gasteiger partial charge in [0.1, 0.15) is 5.75 Å². The largest absolute Gasteiger partial charge is 0.497 e. The molecule has 128 valence electrons. The van der Waals surface area contributed by atoms with Crippen LogP contribution in [0.25, 0.3) is 0 Å². The van der Waals surface area contributed by atoms with Crippen molar-refractivity contribution in [1.29, 1.82) is 0 Å². The molecule has 1 aromatic rings. The molecule has 10 heteroatoms. The van der Waals surface area contributed by atoms with E-state index in [4.69, 9.17) is 4.74 Å². The number of halogens is 1. The van der Waals surface area contributed by atoms with Crippen LogP contribution < -0.4 is 10.1 Å². The van der Waals surface area contributed by atoms with Crippen molar-refractivity contribution < 1.29 is 18.1 Å². The Balaban J connectivity index is 0.00000192. The number of nitrogens with zero attached hydrogens (tertiary/aromatic N) is 2. The van der Waals surface area contributed by atoms with Gasteiger partial charge >= 0.3 is 0 Å². The normalized spacial score (nSPS) is 24.0. The summed E-state index contributed by atoms with van der Waals surface area (Å²) in [6.45, 7) is 2.40. The van der Waals surface area contributed by atoms with E-state index >= 15 is 0 Å². The van der Waals surface area contributed by atoms with Crippen LogP contribution in [0.3, 0.4) is 0 Å². The molecule has 1 aromatic carbocycles. The molecule has 0 amide bonds. The fourth-order valence-electron chi connectivity index (χ4n) is 3.13. The topological polar surface area (TPSA) is 102 Å². The van der Waals surface area contributed by atoms with Crippen LogP contribution in [0.1, 0.15) is 0 Å². The Bertz CT molecular complexity index is 700. The van der Waals surface area contributed by atoms with Gasteiger partial charge in [0, 0.05) is 13.1 Å². The summed E-state index contributed by atoms with van der Waals surface area (Å²) in [5.41, 5.74) is -0.450. The van der Waals surface area contributed by atoms with Gasteiger partial charge in [-0.15, -0.1) is 12.4 Å². The molecule has 1 N–H and O–H groups in total. The Labute approximate surface area is 140 Å². The summed E-state index contributed by atoms with van der Waals surface area (Å²) in [7, 11) is -2.50. The molecule has 2 aliphatic heterocycles. The van der Waals surface area contributed by atoms with Crippen LogP contribution >= 0.6 is 12.4 Å². The molecule has 8 nitrogen and oxygen atoms in total. The Morgan fingerprint density at radius 3 is 2.43 bits per heavy atom. The van der Waals surface area contributed by atoms with Crippen LogP contribution in [-0.4, -0.2) is 50.9 Å². The lowest BCUT2D eigenvalue weighted by atomic mass is 10.0. The number of nitro benzene ring substituents is 1. The van der Waals surface area contributed by atoms with Crippen LogP contribution in [0.2, 0.25) is 0 Å². The summed E-state index contributed by atoms with van der Waals surface area (Å²) >= 11 is 0. The lowest BCUT2D eigenvalue weighted by Gasteiger charge is -2.17. The third kappa shape index (κ3) is 3.14. The standard InChI is InChI=1S/C13H17N3O5S.ClH/c1-21-11-2-3-13(12(4-11)16(17)18)22(19,20)15-7-9-5-14-6-10(9)8-15;/h2-4,9-10,14H,5-8H2,1H3;1H/t9-,10+;. The number of hydrogen-bond acceptors (Lipinski definition) is 6. The fourth-order valence-corrected chi connectivity index (χ4v) is 4.82. The van der Waals surface area contributed by atoms with E-state index in [1.807, 2.05) is 0 Å². The summed E-state index contributed by atoms with van der Waals surface area (Å²) in [5, 5.41) is 14.4. The summed E-state index contributed by atoms with van der Waals surface area (Å²) in [5.74, 6) is 0.826. The van der Waals surface area contributed by atoms with Crippen LogP contribution in [0.15, 0.2) is 23.1 Å². The van der Waals surface area contributed by atoms with Gasteiger partial charge in [0.25, 0.3) is 5.69 Å². The van der Waals surface area contributed by atoms with E-state index in [0.717, 1.165) is 19.2 Å². The van der Waals surface area contributed by atoms with Crippen molar-refractivity contribution in [3.63, 3.8) is 0 Å². The van der Waals surface area contributed by atoms with Crippen LogP contribution in [0.4, 0.5) is 5.69 Å². The van der Waals surface area contributed by atoms with E-state index in [1.165, 1.54) is 23.5 Å². The minimum Gasteiger partial charge on any atom is -0.497 e. The molecular formula is C13H18ClN3O5S. The highest BCUT2D eigenvalue weighted by Crippen LogP contribution is 2.35. The second-order valence-electron chi connectivity index (χ2n) is 5.59. The molecule has 2 fully saturated rings. The molecule has 0 spiro atoms.